The van der Waals surface area contributed by atoms with E-state index in [9.17, 15) is 10.2 Å². The van der Waals surface area contributed by atoms with Gasteiger partial charge in [0.1, 0.15) is 17.8 Å². The second kappa shape index (κ2) is 5.61. The molecule has 1 fully saturated rings. The van der Waals surface area contributed by atoms with Crippen LogP contribution in [-0.2, 0) is 0 Å². The number of nitrogens with one attached hydrogen (secondary N) is 1. The number of aliphatic hydroxyl groups excluding tert-OH is 2. The molecule has 3 heterocycles. The van der Waals surface area contributed by atoms with Gasteiger partial charge in [-0.2, -0.15) is 0 Å². The summed E-state index contributed by atoms with van der Waals surface area (Å²) in [7, 11) is 0. The van der Waals surface area contributed by atoms with E-state index < -0.39 is 11.5 Å². The van der Waals surface area contributed by atoms with Crippen LogP contribution in [0.4, 0.5) is 5.82 Å². The Morgan fingerprint density at radius 1 is 1.48 bits per heavy atom. The van der Waals surface area contributed by atoms with Gasteiger partial charge in [0.15, 0.2) is 0 Å². The van der Waals surface area contributed by atoms with Crippen molar-refractivity contribution in [3.05, 3.63) is 18.6 Å². The van der Waals surface area contributed by atoms with E-state index in [-0.39, 0.29) is 6.61 Å². The second-order valence-electron chi connectivity index (χ2n) is 5.93. The lowest BCUT2D eigenvalue weighted by atomic mass is 9.74. The number of rotatable bonds is 4. The average molecular weight is 290 g/mol. The fraction of sp³-hybridized carbons (Fsp3) is 0.600. The van der Waals surface area contributed by atoms with Crippen LogP contribution in [0, 0.1) is 5.41 Å². The smallest absolute Gasteiger partial charge is 0.142 e. The van der Waals surface area contributed by atoms with E-state index in [0.717, 1.165) is 36.2 Å². The van der Waals surface area contributed by atoms with Crippen molar-refractivity contribution in [2.45, 2.75) is 32.3 Å². The second-order valence-corrected chi connectivity index (χ2v) is 5.93. The zero-order valence-corrected chi connectivity index (χ0v) is 12.3. The van der Waals surface area contributed by atoms with Crippen LogP contribution < -0.4 is 4.90 Å². The molecule has 0 aliphatic carbocycles. The molecule has 0 spiro atoms. The molecule has 1 saturated heterocycles. The molecule has 0 amide bonds. The molecule has 0 saturated carbocycles. The number of H-pyrrole nitrogens is 1. The summed E-state index contributed by atoms with van der Waals surface area (Å²) < 4.78 is 0. The summed E-state index contributed by atoms with van der Waals surface area (Å²) in [4.78, 5) is 13.9. The number of aromatic amines is 1. The molecule has 1 aliphatic rings. The first-order chi connectivity index (χ1) is 10.2. The molecule has 2 aromatic heterocycles. The molecule has 6 nitrogen and oxygen atoms in total. The Hall–Kier alpha value is -1.66. The molecule has 2 atom stereocenters. The maximum Gasteiger partial charge on any atom is 0.142 e. The minimum absolute atomic E-state index is 0.000129. The van der Waals surface area contributed by atoms with Crippen LogP contribution in [0.15, 0.2) is 18.6 Å². The summed E-state index contributed by atoms with van der Waals surface area (Å²) >= 11 is 0. The topological polar surface area (TPSA) is 85.3 Å². The first-order valence-electron chi connectivity index (χ1n) is 7.52. The molecule has 0 aromatic carbocycles. The number of piperidine rings is 1. The predicted molar refractivity (Wildman–Crippen MR) is 81.2 cm³/mol. The Balaban J connectivity index is 1.94. The monoisotopic (exact) mass is 290 g/mol. The lowest BCUT2D eigenvalue weighted by Gasteiger charge is -2.45. The predicted octanol–water partition coefficient (Wildman–Crippen LogP) is 1.31. The number of hydrogen-bond acceptors (Lipinski definition) is 5. The van der Waals surface area contributed by atoms with Crippen LogP contribution in [0.5, 0.6) is 0 Å². The van der Waals surface area contributed by atoms with Crippen LogP contribution >= 0.6 is 0 Å². The van der Waals surface area contributed by atoms with E-state index in [1.165, 1.54) is 0 Å². The van der Waals surface area contributed by atoms with Crippen LogP contribution in [0.2, 0.25) is 0 Å². The first kappa shape index (κ1) is 14.3. The van der Waals surface area contributed by atoms with Gasteiger partial charge in [0, 0.05) is 24.7 Å². The van der Waals surface area contributed by atoms with Gasteiger partial charge in [0.25, 0.3) is 0 Å². The third-order valence-electron chi connectivity index (χ3n) is 4.58. The van der Waals surface area contributed by atoms with E-state index in [4.69, 9.17) is 0 Å². The number of fused-ring (bicyclic) bond motifs is 1. The summed E-state index contributed by atoms with van der Waals surface area (Å²) in [5.74, 6) is 0.877. The van der Waals surface area contributed by atoms with Crippen LogP contribution in [0.3, 0.4) is 0 Å². The lowest BCUT2D eigenvalue weighted by Crippen LogP contribution is -2.54. The summed E-state index contributed by atoms with van der Waals surface area (Å²) in [5, 5.41) is 21.2. The van der Waals surface area contributed by atoms with Gasteiger partial charge in [-0.05, 0) is 18.9 Å². The van der Waals surface area contributed by atoms with Gasteiger partial charge in [-0.1, -0.05) is 13.3 Å². The lowest BCUT2D eigenvalue weighted by molar-refractivity contribution is -0.0352. The Labute approximate surface area is 123 Å². The fourth-order valence-electron chi connectivity index (χ4n) is 3.42. The highest BCUT2D eigenvalue weighted by atomic mass is 16.3. The van der Waals surface area contributed by atoms with Gasteiger partial charge >= 0.3 is 0 Å². The summed E-state index contributed by atoms with van der Waals surface area (Å²) in [6, 6.07) is 1.97. The molecular weight excluding hydrogens is 268 g/mol. The van der Waals surface area contributed by atoms with Crippen molar-refractivity contribution in [2.24, 2.45) is 5.41 Å². The molecule has 21 heavy (non-hydrogen) atoms. The molecule has 0 radical (unpaired) electrons. The summed E-state index contributed by atoms with van der Waals surface area (Å²) in [5.41, 5.74) is 0.358. The van der Waals surface area contributed by atoms with Gasteiger partial charge in [0.05, 0.1) is 18.1 Å². The number of nitrogens with zero attached hydrogens (tertiary/aromatic N) is 3. The third kappa shape index (κ3) is 2.38. The number of aliphatic hydroxyl groups is 2. The molecule has 114 valence electrons. The van der Waals surface area contributed by atoms with Crippen molar-refractivity contribution >= 4 is 16.9 Å². The minimum Gasteiger partial charge on any atom is -0.396 e. The molecule has 3 rings (SSSR count). The van der Waals surface area contributed by atoms with Gasteiger partial charge < -0.3 is 20.1 Å². The van der Waals surface area contributed by atoms with Gasteiger partial charge in [0.2, 0.25) is 0 Å². The van der Waals surface area contributed by atoms with E-state index in [2.05, 4.69) is 26.8 Å². The Kier molecular flexibility index (Phi) is 3.82. The van der Waals surface area contributed by atoms with Crippen molar-refractivity contribution in [1.29, 1.82) is 0 Å². The van der Waals surface area contributed by atoms with Crippen LogP contribution in [0.1, 0.15) is 26.2 Å². The zero-order valence-electron chi connectivity index (χ0n) is 12.3. The SMILES string of the molecule is CCC[C@@]1(CO)CN(c2ncnc3[nH]ccc23)CC[C@H]1O. The quantitative estimate of drug-likeness (QED) is 0.790. The van der Waals surface area contributed by atoms with Crippen molar-refractivity contribution in [1.82, 2.24) is 15.0 Å². The molecule has 0 unspecified atom stereocenters. The summed E-state index contributed by atoms with van der Waals surface area (Å²) in [6.45, 7) is 3.44. The molecule has 3 N–H and O–H groups in total. The normalized spacial score (nSPS) is 26.4. The first-order valence-corrected chi connectivity index (χ1v) is 7.52. The van der Waals surface area contributed by atoms with Crippen molar-refractivity contribution in [3.8, 4) is 0 Å². The standard InChI is InChI=1S/C15H22N4O2/c1-2-5-15(9-20)8-19(7-4-12(15)21)14-11-3-6-16-13(11)17-10-18-14/h3,6,10,12,20-21H,2,4-5,7-9H2,1H3,(H,16,17,18)/t12-,15+/m1/s1. The van der Waals surface area contributed by atoms with Gasteiger partial charge in [-0.25, -0.2) is 9.97 Å². The van der Waals surface area contributed by atoms with Crippen LogP contribution in [-0.4, -0.2) is 51.0 Å². The Bertz CT molecular complexity index is 614. The van der Waals surface area contributed by atoms with Gasteiger partial charge in [-0.15, -0.1) is 0 Å². The molecule has 2 aromatic rings. The van der Waals surface area contributed by atoms with Crippen molar-refractivity contribution in [2.75, 3.05) is 24.6 Å². The minimum atomic E-state index is -0.458. The number of hydrogen-bond donors (Lipinski definition) is 3. The third-order valence-corrected chi connectivity index (χ3v) is 4.58. The van der Waals surface area contributed by atoms with E-state index >= 15 is 0 Å². The van der Waals surface area contributed by atoms with Crippen LogP contribution in [0.25, 0.3) is 11.0 Å². The summed E-state index contributed by atoms with van der Waals surface area (Å²) in [6.07, 6.45) is 5.35. The zero-order chi connectivity index (χ0) is 14.9. The number of aromatic nitrogens is 3. The largest absolute Gasteiger partial charge is 0.396 e. The van der Waals surface area contributed by atoms with E-state index in [1.54, 1.807) is 6.33 Å². The molecule has 1 aliphatic heterocycles. The van der Waals surface area contributed by atoms with Crippen molar-refractivity contribution in [3.63, 3.8) is 0 Å². The maximum absolute atomic E-state index is 10.4. The van der Waals surface area contributed by atoms with E-state index in [0.29, 0.717) is 13.0 Å². The maximum atomic E-state index is 10.4. The molecule has 6 heteroatoms. The average Bonchev–Trinajstić information content (AvgIpc) is 2.98. The highest BCUT2D eigenvalue weighted by molar-refractivity contribution is 5.87. The Morgan fingerprint density at radius 3 is 3.10 bits per heavy atom. The van der Waals surface area contributed by atoms with E-state index in [1.807, 2.05) is 12.3 Å². The highest BCUT2D eigenvalue weighted by Gasteiger charge is 2.42. The van der Waals surface area contributed by atoms with Gasteiger partial charge in [-0.3, -0.25) is 0 Å². The Morgan fingerprint density at radius 2 is 2.33 bits per heavy atom. The fourth-order valence-corrected chi connectivity index (χ4v) is 3.42. The molecule has 0 bridgehead atoms. The highest BCUT2D eigenvalue weighted by Crippen LogP contribution is 2.37. The van der Waals surface area contributed by atoms with Crippen molar-refractivity contribution < 1.29 is 10.2 Å². The number of anilines is 1. The molecular formula is C15H22N4O2.